The van der Waals surface area contributed by atoms with Gasteiger partial charge in [-0.05, 0) is 74.7 Å². The largest absolute Gasteiger partial charge is 0.487 e. The molecule has 1 fully saturated rings. The number of rotatable bonds is 10. The van der Waals surface area contributed by atoms with Crippen molar-refractivity contribution in [1.82, 2.24) is 24.8 Å². The van der Waals surface area contributed by atoms with Gasteiger partial charge in [-0.25, -0.2) is 0 Å². The van der Waals surface area contributed by atoms with E-state index in [1.54, 1.807) is 24.2 Å². The van der Waals surface area contributed by atoms with E-state index in [0.29, 0.717) is 43.7 Å². The second kappa shape index (κ2) is 14.4. The standard InChI is InChI=1S/C38H40F3N5O3S/c1-23-19-43-28(21-42-23)22-49-29-10-11-31-30(18-29)35(50-37(2,3)4)34(45-31)32(46-15-13-26(14-16-46)36(47)48)17-24-5-7-25(8-6-24)27-9-12-33(44-20-27)38(39,40)41/h5-12,18-21,26,32,45H,13-17,22H2,1-4H3,(H,47,48). The molecular formula is C38H40F3N5O3S. The van der Waals surface area contributed by atoms with Gasteiger partial charge < -0.3 is 14.8 Å². The lowest BCUT2D eigenvalue weighted by atomic mass is 9.93. The smallest absolute Gasteiger partial charge is 0.433 e. The Labute approximate surface area is 293 Å². The number of hydrogen-bond acceptors (Lipinski definition) is 7. The SMILES string of the molecule is Cc1cnc(COc2ccc3[nH]c(C(Cc4ccc(-c5ccc(C(F)(F)F)nc5)cc4)N4CCC(C(=O)O)CC4)c(SC(C)(C)C)c3c2)cn1. The number of likely N-dealkylation sites (tertiary alicyclic amines) is 1. The number of nitrogens with zero attached hydrogens (tertiary/aromatic N) is 4. The number of nitrogens with one attached hydrogen (secondary N) is 1. The van der Waals surface area contributed by atoms with Gasteiger partial charge in [0.05, 0.1) is 29.5 Å². The van der Waals surface area contributed by atoms with E-state index >= 15 is 0 Å². The number of carbonyl (C=O) groups is 1. The number of piperidine rings is 1. The number of H-pyrrole nitrogens is 1. The van der Waals surface area contributed by atoms with Crippen LogP contribution in [0.15, 0.2) is 78.1 Å². The normalized spacial score (nSPS) is 15.3. The molecule has 0 saturated carbocycles. The van der Waals surface area contributed by atoms with Crippen molar-refractivity contribution in [1.29, 1.82) is 0 Å². The van der Waals surface area contributed by atoms with E-state index in [-0.39, 0.29) is 23.3 Å². The summed E-state index contributed by atoms with van der Waals surface area (Å²) in [5, 5.41) is 10.7. The molecule has 50 heavy (non-hydrogen) atoms. The number of halogens is 3. The lowest BCUT2D eigenvalue weighted by Gasteiger charge is -2.37. The molecule has 0 amide bonds. The summed E-state index contributed by atoms with van der Waals surface area (Å²) in [6.45, 7) is 9.99. The summed E-state index contributed by atoms with van der Waals surface area (Å²) >= 11 is 1.78. The van der Waals surface area contributed by atoms with E-state index in [9.17, 15) is 23.1 Å². The predicted octanol–water partition coefficient (Wildman–Crippen LogP) is 8.90. The Morgan fingerprint density at radius 1 is 0.980 bits per heavy atom. The lowest BCUT2D eigenvalue weighted by Crippen LogP contribution is -2.39. The Balaban J connectivity index is 1.33. The second-order valence-electron chi connectivity index (χ2n) is 13.7. The topological polar surface area (TPSA) is 104 Å². The van der Waals surface area contributed by atoms with Crippen molar-refractivity contribution in [3.8, 4) is 16.9 Å². The minimum atomic E-state index is -4.49. The quantitative estimate of drug-likeness (QED) is 0.139. The molecule has 5 aromatic rings. The van der Waals surface area contributed by atoms with Gasteiger partial charge in [0.25, 0.3) is 0 Å². The van der Waals surface area contributed by atoms with E-state index in [2.05, 4.69) is 51.7 Å². The molecule has 1 atom stereocenters. The molecule has 3 aromatic heterocycles. The molecule has 1 aliphatic rings. The fourth-order valence-electron chi connectivity index (χ4n) is 6.22. The third-order valence-corrected chi connectivity index (χ3v) is 10.1. The number of pyridine rings is 1. The van der Waals surface area contributed by atoms with Crippen molar-refractivity contribution in [2.75, 3.05) is 13.1 Å². The van der Waals surface area contributed by atoms with Gasteiger partial charge in [0.1, 0.15) is 18.1 Å². The molecule has 1 unspecified atom stereocenters. The Morgan fingerprint density at radius 2 is 1.70 bits per heavy atom. The predicted molar refractivity (Wildman–Crippen MR) is 188 cm³/mol. The molecule has 0 radical (unpaired) electrons. The first kappa shape index (κ1) is 35.4. The zero-order valence-electron chi connectivity index (χ0n) is 28.4. The van der Waals surface area contributed by atoms with Gasteiger partial charge in [0.15, 0.2) is 0 Å². The van der Waals surface area contributed by atoms with Gasteiger partial charge in [-0.15, -0.1) is 11.8 Å². The number of aromatic nitrogens is 4. The van der Waals surface area contributed by atoms with Crippen LogP contribution in [-0.2, 0) is 24.0 Å². The molecule has 12 heteroatoms. The molecule has 0 spiro atoms. The van der Waals surface area contributed by atoms with E-state index in [1.807, 2.05) is 43.3 Å². The first-order valence-electron chi connectivity index (χ1n) is 16.6. The van der Waals surface area contributed by atoms with Gasteiger partial charge in [-0.3, -0.25) is 24.6 Å². The number of fused-ring (bicyclic) bond motifs is 1. The van der Waals surface area contributed by atoms with Crippen molar-refractivity contribution >= 4 is 28.6 Å². The molecule has 8 nitrogen and oxygen atoms in total. The number of ether oxygens (including phenoxy) is 1. The van der Waals surface area contributed by atoms with Crippen LogP contribution in [0.25, 0.3) is 22.0 Å². The average molecular weight is 704 g/mol. The maximum Gasteiger partial charge on any atom is 0.433 e. The zero-order chi connectivity index (χ0) is 35.6. The van der Waals surface area contributed by atoms with Crippen LogP contribution in [-0.4, -0.2) is 53.7 Å². The maximum absolute atomic E-state index is 13.1. The second-order valence-corrected chi connectivity index (χ2v) is 15.6. The zero-order valence-corrected chi connectivity index (χ0v) is 29.2. The summed E-state index contributed by atoms with van der Waals surface area (Å²) in [6, 6.07) is 16.2. The highest BCUT2D eigenvalue weighted by Crippen LogP contribution is 2.45. The van der Waals surface area contributed by atoms with Crippen molar-refractivity contribution in [3.63, 3.8) is 0 Å². The monoisotopic (exact) mass is 703 g/mol. The molecule has 2 aromatic carbocycles. The molecular weight excluding hydrogens is 664 g/mol. The summed E-state index contributed by atoms with van der Waals surface area (Å²) in [6.07, 6.45) is 1.96. The number of aliphatic carboxylic acids is 1. The van der Waals surface area contributed by atoms with Crippen LogP contribution in [0.5, 0.6) is 5.75 Å². The molecule has 1 aliphatic heterocycles. The Hall–Kier alpha value is -4.42. The summed E-state index contributed by atoms with van der Waals surface area (Å²) < 4.78 is 45.2. The highest BCUT2D eigenvalue weighted by atomic mass is 32.2. The van der Waals surface area contributed by atoms with Crippen LogP contribution < -0.4 is 4.74 Å². The minimum Gasteiger partial charge on any atom is -0.487 e. The highest BCUT2D eigenvalue weighted by molar-refractivity contribution is 8.00. The summed E-state index contributed by atoms with van der Waals surface area (Å²) in [4.78, 5) is 31.4. The third-order valence-electron chi connectivity index (χ3n) is 8.80. The van der Waals surface area contributed by atoms with Crippen LogP contribution in [0.2, 0.25) is 0 Å². The maximum atomic E-state index is 13.1. The first-order valence-corrected chi connectivity index (χ1v) is 17.4. The fourth-order valence-corrected chi connectivity index (χ4v) is 7.41. The van der Waals surface area contributed by atoms with Crippen molar-refractivity contribution in [3.05, 3.63) is 102 Å². The van der Waals surface area contributed by atoms with Gasteiger partial charge in [-0.2, -0.15) is 13.2 Å². The summed E-state index contributed by atoms with van der Waals surface area (Å²) in [5.41, 5.74) is 5.11. The number of hydrogen-bond donors (Lipinski definition) is 2. The number of aromatic amines is 1. The number of benzene rings is 2. The van der Waals surface area contributed by atoms with Gasteiger partial charge in [-0.1, -0.05) is 51.1 Å². The Morgan fingerprint density at radius 3 is 2.30 bits per heavy atom. The fraction of sp³-hybridized carbons (Fsp3) is 0.368. The van der Waals surface area contributed by atoms with E-state index < -0.39 is 17.8 Å². The van der Waals surface area contributed by atoms with Crippen LogP contribution in [0.1, 0.15) is 68.0 Å². The number of thioether (sulfide) groups is 1. The third kappa shape index (κ3) is 8.47. The van der Waals surface area contributed by atoms with E-state index in [1.165, 1.54) is 12.3 Å². The molecule has 2 N–H and O–H groups in total. The number of carboxylic acids is 1. The number of carboxylic acid groups (broad SMARTS) is 1. The van der Waals surface area contributed by atoms with Crippen molar-refractivity contribution in [2.24, 2.45) is 5.92 Å². The lowest BCUT2D eigenvalue weighted by molar-refractivity contribution is -0.143. The number of aryl methyl sites for hydroxylation is 1. The van der Waals surface area contributed by atoms with Crippen LogP contribution in [0.3, 0.4) is 0 Å². The average Bonchev–Trinajstić information content (AvgIpc) is 3.42. The van der Waals surface area contributed by atoms with Crippen molar-refractivity contribution in [2.45, 2.75) is 75.4 Å². The molecule has 0 aliphatic carbocycles. The van der Waals surface area contributed by atoms with Crippen molar-refractivity contribution < 1.29 is 27.8 Å². The number of alkyl halides is 3. The molecule has 6 rings (SSSR count). The first-order chi connectivity index (χ1) is 23.7. The summed E-state index contributed by atoms with van der Waals surface area (Å²) in [5.74, 6) is -0.408. The van der Waals surface area contributed by atoms with Gasteiger partial charge in [0, 0.05) is 44.2 Å². The molecule has 4 heterocycles. The van der Waals surface area contributed by atoms with Crippen LogP contribution in [0, 0.1) is 12.8 Å². The molecule has 1 saturated heterocycles. The molecule has 262 valence electrons. The summed E-state index contributed by atoms with van der Waals surface area (Å²) in [7, 11) is 0. The van der Waals surface area contributed by atoms with Crippen LogP contribution in [0.4, 0.5) is 13.2 Å². The minimum absolute atomic E-state index is 0.0900. The van der Waals surface area contributed by atoms with Crippen LogP contribution >= 0.6 is 11.8 Å². The Bertz CT molecular complexity index is 1930. The van der Waals surface area contributed by atoms with E-state index in [0.717, 1.165) is 50.1 Å². The molecule has 0 bridgehead atoms. The van der Waals surface area contributed by atoms with Gasteiger partial charge in [0.2, 0.25) is 0 Å². The van der Waals surface area contributed by atoms with Gasteiger partial charge >= 0.3 is 12.1 Å². The highest BCUT2D eigenvalue weighted by Gasteiger charge is 2.34. The van der Waals surface area contributed by atoms with E-state index in [4.69, 9.17) is 4.74 Å². The Kier molecular flexibility index (Phi) is 10.2.